The third kappa shape index (κ3) is 4.44. The van der Waals surface area contributed by atoms with Crippen LogP contribution in [-0.4, -0.2) is 11.0 Å². The van der Waals surface area contributed by atoms with Gasteiger partial charge in [-0.15, -0.1) is 0 Å². The van der Waals surface area contributed by atoms with Gasteiger partial charge in [-0.1, -0.05) is 25.7 Å². The summed E-state index contributed by atoms with van der Waals surface area (Å²) in [5.74, 6) is 0.764. The van der Waals surface area contributed by atoms with Gasteiger partial charge in [0.05, 0.1) is 0 Å². The molecule has 20 heavy (non-hydrogen) atoms. The van der Waals surface area contributed by atoms with E-state index in [-0.39, 0.29) is 11.7 Å². The average Bonchev–Trinajstić information content (AvgIpc) is 2.68. The number of benzene rings is 1. The Morgan fingerprint density at radius 2 is 1.95 bits per heavy atom. The summed E-state index contributed by atoms with van der Waals surface area (Å²) in [4.78, 5) is 12.0. The molecule has 1 aliphatic rings. The molecule has 1 saturated carbocycles. The van der Waals surface area contributed by atoms with Gasteiger partial charge in [-0.2, -0.15) is 0 Å². The van der Waals surface area contributed by atoms with Gasteiger partial charge in [0.1, 0.15) is 5.75 Å². The second-order valence-electron chi connectivity index (χ2n) is 5.73. The lowest BCUT2D eigenvalue weighted by Crippen LogP contribution is -2.25. The number of nitrogen functional groups attached to an aromatic ring is 1. The lowest BCUT2D eigenvalue weighted by Gasteiger charge is -2.14. The van der Waals surface area contributed by atoms with Crippen LogP contribution in [0.2, 0.25) is 0 Å². The Balaban J connectivity index is 1.81. The molecule has 2 rings (SSSR count). The Morgan fingerprint density at radius 1 is 1.25 bits per heavy atom. The number of phenolic OH excluding ortho intramolecular Hbond substituents is 1. The van der Waals surface area contributed by atoms with E-state index < -0.39 is 0 Å². The Bertz CT molecular complexity index is 452. The number of hydrogen-bond acceptors (Lipinski definition) is 3. The van der Waals surface area contributed by atoms with Gasteiger partial charge < -0.3 is 16.2 Å². The first-order valence-electron chi connectivity index (χ1n) is 7.49. The van der Waals surface area contributed by atoms with E-state index in [0.29, 0.717) is 30.1 Å². The molecule has 0 unspecified atom stereocenters. The van der Waals surface area contributed by atoms with Crippen LogP contribution in [0.25, 0.3) is 0 Å². The number of carbonyl (C=O) groups excluding carboxylic acids is 1. The summed E-state index contributed by atoms with van der Waals surface area (Å²) in [6.07, 6.45) is 8.02. The Morgan fingerprint density at radius 3 is 2.65 bits per heavy atom. The van der Waals surface area contributed by atoms with Crippen LogP contribution >= 0.6 is 0 Å². The standard InChI is InChI=1S/C16H24N2O2/c17-14-7-8-15(19)13(10-14)11-18-16(20)9-12-5-3-1-2-4-6-12/h7-8,10,12,19H,1-6,9,11,17H2,(H,18,20). The minimum absolute atomic E-state index is 0.0683. The van der Waals surface area contributed by atoms with E-state index in [1.54, 1.807) is 18.2 Å². The second kappa shape index (κ2) is 7.17. The van der Waals surface area contributed by atoms with Crippen LogP contribution in [0, 0.1) is 5.92 Å². The topological polar surface area (TPSA) is 75.3 Å². The van der Waals surface area contributed by atoms with E-state index in [0.717, 1.165) is 12.8 Å². The van der Waals surface area contributed by atoms with Gasteiger partial charge in [0.25, 0.3) is 0 Å². The highest BCUT2D eigenvalue weighted by molar-refractivity contribution is 5.76. The van der Waals surface area contributed by atoms with Crippen LogP contribution in [-0.2, 0) is 11.3 Å². The van der Waals surface area contributed by atoms with E-state index in [1.807, 2.05) is 0 Å². The summed E-state index contributed by atoms with van der Waals surface area (Å²) in [6.45, 7) is 0.336. The van der Waals surface area contributed by atoms with E-state index in [2.05, 4.69) is 5.32 Å². The zero-order chi connectivity index (χ0) is 14.4. The molecular formula is C16H24N2O2. The van der Waals surface area contributed by atoms with Gasteiger partial charge in [0.2, 0.25) is 5.91 Å². The molecule has 1 aliphatic carbocycles. The highest BCUT2D eigenvalue weighted by atomic mass is 16.3. The maximum Gasteiger partial charge on any atom is 0.220 e. The van der Waals surface area contributed by atoms with Gasteiger partial charge in [-0.25, -0.2) is 0 Å². The monoisotopic (exact) mass is 276 g/mol. The third-order valence-electron chi connectivity index (χ3n) is 4.03. The maximum absolute atomic E-state index is 12.0. The fourth-order valence-electron chi connectivity index (χ4n) is 2.84. The molecule has 4 heteroatoms. The Hall–Kier alpha value is -1.71. The quantitative estimate of drug-likeness (QED) is 0.449. The molecule has 0 bridgehead atoms. The van der Waals surface area contributed by atoms with Crippen molar-refractivity contribution in [1.82, 2.24) is 5.32 Å². The second-order valence-corrected chi connectivity index (χ2v) is 5.73. The van der Waals surface area contributed by atoms with Crippen LogP contribution < -0.4 is 11.1 Å². The molecule has 0 spiro atoms. The fourth-order valence-corrected chi connectivity index (χ4v) is 2.84. The molecule has 0 radical (unpaired) electrons. The molecule has 1 amide bonds. The van der Waals surface area contributed by atoms with Crippen molar-refractivity contribution in [1.29, 1.82) is 0 Å². The van der Waals surface area contributed by atoms with E-state index >= 15 is 0 Å². The van der Waals surface area contributed by atoms with Crippen LogP contribution in [0.1, 0.15) is 50.5 Å². The van der Waals surface area contributed by atoms with Gasteiger partial charge in [-0.3, -0.25) is 4.79 Å². The van der Waals surface area contributed by atoms with Gasteiger partial charge in [0, 0.05) is 24.2 Å². The zero-order valence-electron chi connectivity index (χ0n) is 11.9. The number of hydrogen-bond donors (Lipinski definition) is 3. The van der Waals surface area contributed by atoms with Crippen LogP contribution in [0.3, 0.4) is 0 Å². The predicted molar refractivity (Wildman–Crippen MR) is 80.2 cm³/mol. The number of rotatable bonds is 4. The van der Waals surface area contributed by atoms with Crippen LogP contribution in [0.15, 0.2) is 18.2 Å². The van der Waals surface area contributed by atoms with Crippen molar-refractivity contribution < 1.29 is 9.90 Å². The lowest BCUT2D eigenvalue weighted by atomic mass is 9.96. The van der Waals surface area contributed by atoms with E-state index in [9.17, 15) is 9.90 Å². The number of aromatic hydroxyl groups is 1. The molecule has 1 fully saturated rings. The summed E-state index contributed by atoms with van der Waals surface area (Å²) in [5.41, 5.74) is 6.94. The molecule has 110 valence electrons. The highest BCUT2D eigenvalue weighted by Gasteiger charge is 2.16. The van der Waals surface area contributed by atoms with Crippen molar-refractivity contribution >= 4 is 11.6 Å². The van der Waals surface area contributed by atoms with Crippen molar-refractivity contribution in [3.8, 4) is 5.75 Å². The Labute approximate surface area is 120 Å². The Kier molecular flexibility index (Phi) is 5.27. The number of amides is 1. The number of carbonyl (C=O) groups is 1. The van der Waals surface area contributed by atoms with Crippen molar-refractivity contribution in [3.63, 3.8) is 0 Å². The molecule has 0 aromatic heterocycles. The van der Waals surface area contributed by atoms with E-state index in [1.165, 1.54) is 25.7 Å². The highest BCUT2D eigenvalue weighted by Crippen LogP contribution is 2.25. The van der Waals surface area contributed by atoms with E-state index in [4.69, 9.17) is 5.73 Å². The SMILES string of the molecule is Nc1ccc(O)c(CNC(=O)CC2CCCCCC2)c1. The maximum atomic E-state index is 12.0. The van der Waals surface area contributed by atoms with Gasteiger partial charge in [-0.05, 0) is 37.0 Å². The number of anilines is 1. The van der Waals surface area contributed by atoms with Crippen molar-refractivity contribution in [3.05, 3.63) is 23.8 Å². The lowest BCUT2D eigenvalue weighted by molar-refractivity contribution is -0.122. The summed E-state index contributed by atoms with van der Waals surface area (Å²) in [5, 5.41) is 12.6. The molecule has 0 atom stereocenters. The minimum Gasteiger partial charge on any atom is -0.508 e. The fraction of sp³-hybridized carbons (Fsp3) is 0.562. The normalized spacial score (nSPS) is 16.6. The number of phenols is 1. The van der Waals surface area contributed by atoms with Crippen LogP contribution in [0.4, 0.5) is 5.69 Å². The smallest absolute Gasteiger partial charge is 0.220 e. The predicted octanol–water partition coefficient (Wildman–Crippen LogP) is 2.95. The summed E-state index contributed by atoms with van der Waals surface area (Å²) in [6, 6.07) is 4.90. The van der Waals surface area contributed by atoms with Crippen molar-refractivity contribution in [2.45, 2.75) is 51.5 Å². The van der Waals surface area contributed by atoms with Crippen molar-refractivity contribution in [2.75, 3.05) is 5.73 Å². The molecule has 0 aliphatic heterocycles. The first-order chi connectivity index (χ1) is 9.65. The molecule has 4 N–H and O–H groups in total. The van der Waals surface area contributed by atoms with Gasteiger partial charge >= 0.3 is 0 Å². The first kappa shape index (κ1) is 14.7. The average molecular weight is 276 g/mol. The molecule has 4 nitrogen and oxygen atoms in total. The first-order valence-corrected chi connectivity index (χ1v) is 7.49. The van der Waals surface area contributed by atoms with Crippen molar-refractivity contribution in [2.24, 2.45) is 5.92 Å². The summed E-state index contributed by atoms with van der Waals surface area (Å²) >= 11 is 0. The molecule has 1 aromatic rings. The number of nitrogens with one attached hydrogen (secondary N) is 1. The molecule has 1 aromatic carbocycles. The van der Waals surface area contributed by atoms with Gasteiger partial charge in [0.15, 0.2) is 0 Å². The van der Waals surface area contributed by atoms with Crippen LogP contribution in [0.5, 0.6) is 5.75 Å². The largest absolute Gasteiger partial charge is 0.508 e. The summed E-state index contributed by atoms with van der Waals surface area (Å²) in [7, 11) is 0. The third-order valence-corrected chi connectivity index (χ3v) is 4.03. The zero-order valence-corrected chi connectivity index (χ0v) is 11.9. The molecule has 0 saturated heterocycles. The molecule has 0 heterocycles. The summed E-state index contributed by atoms with van der Waals surface area (Å²) < 4.78 is 0. The molecular weight excluding hydrogens is 252 g/mol. The minimum atomic E-state index is 0.0683. The number of nitrogens with two attached hydrogens (primary N) is 1.